The molecule has 0 radical (unpaired) electrons. The van der Waals surface area contributed by atoms with E-state index >= 15 is 0 Å². The second-order valence-electron chi connectivity index (χ2n) is 8.05. The van der Waals surface area contributed by atoms with Crippen molar-refractivity contribution in [1.29, 1.82) is 0 Å². The quantitative estimate of drug-likeness (QED) is 0.422. The zero-order valence-corrected chi connectivity index (χ0v) is 17.1. The van der Waals surface area contributed by atoms with E-state index in [-0.39, 0.29) is 11.4 Å². The summed E-state index contributed by atoms with van der Waals surface area (Å²) < 4.78 is 4.72. The Morgan fingerprint density at radius 1 is 1.11 bits per heavy atom. The van der Waals surface area contributed by atoms with Gasteiger partial charge in [0.2, 0.25) is 0 Å². The molecule has 0 unspecified atom stereocenters. The van der Waals surface area contributed by atoms with Crippen LogP contribution >= 0.6 is 0 Å². The molecule has 1 aliphatic heterocycles. The van der Waals surface area contributed by atoms with Crippen LogP contribution in [0.5, 0.6) is 0 Å². The lowest BCUT2D eigenvalue weighted by atomic mass is 9.89. The molecule has 0 spiro atoms. The number of esters is 1. The number of fused-ring (bicyclic) bond motifs is 1. The van der Waals surface area contributed by atoms with E-state index in [2.05, 4.69) is 55.1 Å². The molecule has 3 rings (SSSR count). The van der Waals surface area contributed by atoms with Crippen LogP contribution in [0.25, 0.3) is 0 Å². The maximum absolute atomic E-state index is 11.5. The molecule has 1 aliphatic rings. The van der Waals surface area contributed by atoms with Crippen molar-refractivity contribution in [3.63, 3.8) is 0 Å². The predicted molar refractivity (Wildman–Crippen MR) is 112 cm³/mol. The maximum atomic E-state index is 11.5. The van der Waals surface area contributed by atoms with E-state index in [1.807, 2.05) is 12.1 Å². The van der Waals surface area contributed by atoms with Crippen LogP contribution in [-0.2, 0) is 22.6 Å². The fourth-order valence-corrected chi connectivity index (χ4v) is 3.19. The molecular weight excluding hydrogens is 352 g/mol. The van der Waals surface area contributed by atoms with E-state index in [1.165, 1.54) is 18.4 Å². The smallest absolute Gasteiger partial charge is 0.337 e. The van der Waals surface area contributed by atoms with Crippen LogP contribution in [-0.4, -0.2) is 31.9 Å². The Labute approximate surface area is 166 Å². The molecule has 0 aliphatic carbocycles. The average molecular weight is 380 g/mol. The van der Waals surface area contributed by atoms with Gasteiger partial charge in [0.25, 0.3) is 0 Å². The molecule has 148 valence electrons. The van der Waals surface area contributed by atoms with Crippen LogP contribution in [0, 0.1) is 5.41 Å². The van der Waals surface area contributed by atoms with Gasteiger partial charge in [0.15, 0.2) is 0 Å². The number of rotatable bonds is 6. The van der Waals surface area contributed by atoms with Crippen LogP contribution in [0.3, 0.4) is 0 Å². The third kappa shape index (κ3) is 4.71. The number of carbonyl (C=O) groups excluding carboxylic acids is 1. The molecule has 0 bridgehead atoms. The normalized spacial score (nSPS) is 14.0. The zero-order valence-electron chi connectivity index (χ0n) is 17.1. The summed E-state index contributed by atoms with van der Waals surface area (Å²) in [5, 5.41) is 4.48. The molecule has 1 heterocycles. The van der Waals surface area contributed by atoms with Gasteiger partial charge in [0, 0.05) is 17.6 Å². The highest BCUT2D eigenvalue weighted by Gasteiger charge is 2.26. The summed E-state index contributed by atoms with van der Waals surface area (Å²) in [5.41, 5.74) is 5.08. The third-order valence-corrected chi connectivity index (χ3v) is 4.97. The van der Waals surface area contributed by atoms with Gasteiger partial charge in [-0.15, -0.1) is 0 Å². The van der Waals surface area contributed by atoms with Crippen molar-refractivity contribution in [3.8, 4) is 0 Å². The van der Waals surface area contributed by atoms with Gasteiger partial charge < -0.3 is 14.5 Å². The van der Waals surface area contributed by atoms with Crippen molar-refractivity contribution in [2.24, 2.45) is 10.6 Å². The van der Waals surface area contributed by atoms with Crippen molar-refractivity contribution >= 4 is 17.4 Å². The van der Waals surface area contributed by atoms with E-state index in [9.17, 15) is 4.79 Å². The molecule has 5 nitrogen and oxygen atoms in total. The summed E-state index contributed by atoms with van der Waals surface area (Å²) >= 11 is 0. The highest BCUT2D eigenvalue weighted by molar-refractivity contribution is 5.93. The first-order valence-electron chi connectivity index (χ1n) is 9.58. The summed E-state index contributed by atoms with van der Waals surface area (Å²) in [5.74, 6) is -0.341. The maximum Gasteiger partial charge on any atom is 0.337 e. The number of hydrogen-bond acceptors (Lipinski definition) is 5. The molecule has 0 N–H and O–H groups in total. The molecule has 0 fully saturated rings. The minimum atomic E-state index is -0.341. The lowest BCUT2D eigenvalue weighted by molar-refractivity contribution is 0.0600. The van der Waals surface area contributed by atoms with Gasteiger partial charge in [-0.3, -0.25) is 0 Å². The second-order valence-corrected chi connectivity index (χ2v) is 8.05. The van der Waals surface area contributed by atoms with Gasteiger partial charge in [0.05, 0.1) is 24.9 Å². The Hall–Kier alpha value is -2.82. The number of carbonyl (C=O) groups is 1. The minimum Gasteiger partial charge on any atom is -0.465 e. The van der Waals surface area contributed by atoms with Crippen LogP contribution in [0.4, 0.5) is 5.69 Å². The highest BCUT2D eigenvalue weighted by atomic mass is 16.6. The first-order valence-corrected chi connectivity index (χ1v) is 9.58. The van der Waals surface area contributed by atoms with Gasteiger partial charge >= 0.3 is 5.97 Å². The van der Waals surface area contributed by atoms with Gasteiger partial charge in [-0.2, -0.15) is 0 Å². The molecular formula is C23H28N2O3. The minimum absolute atomic E-state index is 0.0910. The Balaban J connectivity index is 1.66. The molecule has 28 heavy (non-hydrogen) atoms. The topological polar surface area (TPSA) is 51.1 Å². The van der Waals surface area contributed by atoms with E-state index in [1.54, 1.807) is 12.1 Å². The fraction of sp³-hybridized carbons (Fsp3) is 0.391. The first kappa shape index (κ1) is 19.9. The molecule has 0 atom stereocenters. The van der Waals surface area contributed by atoms with E-state index in [0.29, 0.717) is 12.2 Å². The SMILES string of the molecule is COC(=O)c1ccc(CON=C(CN2CCc3ccccc32)C(C)(C)C)cc1. The van der Waals surface area contributed by atoms with E-state index in [4.69, 9.17) is 9.57 Å². The van der Waals surface area contributed by atoms with Gasteiger partial charge in [-0.1, -0.05) is 56.3 Å². The zero-order chi connectivity index (χ0) is 20.1. The Morgan fingerprint density at radius 2 is 1.82 bits per heavy atom. The van der Waals surface area contributed by atoms with Crippen molar-refractivity contribution in [2.75, 3.05) is 25.1 Å². The first-order chi connectivity index (χ1) is 13.4. The highest BCUT2D eigenvalue weighted by Crippen LogP contribution is 2.29. The van der Waals surface area contributed by atoms with Crippen LogP contribution in [0.2, 0.25) is 0 Å². The van der Waals surface area contributed by atoms with Crippen molar-refractivity contribution in [1.82, 2.24) is 0 Å². The summed E-state index contributed by atoms with van der Waals surface area (Å²) in [7, 11) is 1.38. The fourth-order valence-electron chi connectivity index (χ4n) is 3.19. The largest absolute Gasteiger partial charge is 0.465 e. The van der Waals surface area contributed by atoms with Gasteiger partial charge in [-0.25, -0.2) is 4.79 Å². The standard InChI is InChI=1S/C23H28N2O3/c1-23(2,3)21(15-25-14-13-18-7-5-6-8-20(18)25)24-28-16-17-9-11-19(12-10-17)22(26)27-4/h5-12H,13-16H2,1-4H3. The number of hydrogen-bond donors (Lipinski definition) is 0. The third-order valence-electron chi connectivity index (χ3n) is 4.97. The summed E-state index contributed by atoms with van der Waals surface area (Å²) in [6.07, 6.45) is 1.07. The molecule has 0 saturated heterocycles. The number of methoxy groups -OCH3 is 1. The number of nitrogens with zero attached hydrogens (tertiary/aromatic N) is 2. The average Bonchev–Trinajstić information content (AvgIpc) is 3.09. The summed E-state index contributed by atoms with van der Waals surface area (Å²) in [6, 6.07) is 15.7. The van der Waals surface area contributed by atoms with Crippen molar-refractivity contribution in [2.45, 2.75) is 33.8 Å². The molecule has 0 aromatic heterocycles. The monoisotopic (exact) mass is 380 g/mol. The number of anilines is 1. The number of benzene rings is 2. The van der Waals surface area contributed by atoms with E-state index in [0.717, 1.165) is 30.8 Å². The van der Waals surface area contributed by atoms with Crippen molar-refractivity contribution < 1.29 is 14.4 Å². The molecule has 2 aromatic carbocycles. The Bertz CT molecular complexity index is 851. The second kappa shape index (κ2) is 8.46. The molecule has 5 heteroatoms. The lowest BCUT2D eigenvalue weighted by Gasteiger charge is -2.27. The van der Waals surface area contributed by atoms with E-state index < -0.39 is 0 Å². The number of para-hydroxylation sites is 1. The summed E-state index contributed by atoms with van der Waals surface area (Å²) in [6.45, 7) is 8.58. The molecule has 0 saturated carbocycles. The predicted octanol–water partition coefficient (Wildman–Crippen LogP) is 4.45. The van der Waals surface area contributed by atoms with Crippen LogP contribution in [0.15, 0.2) is 53.7 Å². The number of oxime groups is 1. The number of ether oxygens (including phenoxy) is 1. The lowest BCUT2D eigenvalue weighted by Crippen LogP contribution is -2.35. The Morgan fingerprint density at radius 3 is 2.50 bits per heavy atom. The Kier molecular flexibility index (Phi) is 6.02. The molecule has 2 aromatic rings. The van der Waals surface area contributed by atoms with Gasteiger partial charge in [-0.05, 0) is 35.7 Å². The molecule has 0 amide bonds. The van der Waals surface area contributed by atoms with Crippen LogP contribution in [0.1, 0.15) is 42.3 Å². The van der Waals surface area contributed by atoms with Crippen LogP contribution < -0.4 is 4.90 Å². The van der Waals surface area contributed by atoms with Crippen molar-refractivity contribution in [3.05, 3.63) is 65.2 Å². The summed E-state index contributed by atoms with van der Waals surface area (Å²) in [4.78, 5) is 19.6. The van der Waals surface area contributed by atoms with Gasteiger partial charge in [0.1, 0.15) is 6.61 Å².